The fourth-order valence-electron chi connectivity index (χ4n) is 1.60. The molecule has 0 saturated heterocycles. The van der Waals surface area contributed by atoms with Crippen molar-refractivity contribution in [2.45, 2.75) is 13.8 Å². The Morgan fingerprint density at radius 3 is 2.71 bits per heavy atom. The van der Waals surface area contributed by atoms with Crippen LogP contribution in [0, 0.1) is 25.2 Å². The third-order valence-electron chi connectivity index (χ3n) is 2.48. The Morgan fingerprint density at radius 2 is 2.12 bits per heavy atom. The lowest BCUT2D eigenvalue weighted by Crippen LogP contribution is -1.88. The summed E-state index contributed by atoms with van der Waals surface area (Å²) in [6.07, 6.45) is 0. The van der Waals surface area contributed by atoms with Crippen LogP contribution in [-0.2, 0) is 0 Å². The van der Waals surface area contributed by atoms with Crippen LogP contribution in [0.15, 0.2) is 18.2 Å². The highest BCUT2D eigenvalue weighted by Crippen LogP contribution is 2.34. The Hall–Kier alpha value is -1.86. The zero-order valence-electron chi connectivity index (χ0n) is 9.94. The van der Waals surface area contributed by atoms with E-state index in [2.05, 4.69) is 11.1 Å². The van der Waals surface area contributed by atoms with Crippen molar-refractivity contribution >= 4 is 11.3 Å². The molecule has 2 aromatic rings. The van der Waals surface area contributed by atoms with E-state index < -0.39 is 0 Å². The zero-order valence-corrected chi connectivity index (χ0v) is 10.8. The van der Waals surface area contributed by atoms with Gasteiger partial charge in [0.25, 0.3) is 0 Å². The number of hydrogen-bond donors (Lipinski definition) is 0. The molecule has 0 fully saturated rings. The topological polar surface area (TPSA) is 45.9 Å². The monoisotopic (exact) mass is 244 g/mol. The van der Waals surface area contributed by atoms with E-state index in [1.54, 1.807) is 7.11 Å². The van der Waals surface area contributed by atoms with Gasteiger partial charge in [-0.25, -0.2) is 4.98 Å². The Kier molecular flexibility index (Phi) is 3.12. The van der Waals surface area contributed by atoms with Gasteiger partial charge in [0.1, 0.15) is 21.7 Å². The highest BCUT2D eigenvalue weighted by molar-refractivity contribution is 7.15. The molecule has 0 N–H and O–H groups in total. The minimum atomic E-state index is 0.656. The van der Waals surface area contributed by atoms with Crippen LogP contribution in [0.1, 0.15) is 16.1 Å². The van der Waals surface area contributed by atoms with Gasteiger partial charge in [-0.1, -0.05) is 11.6 Å². The maximum Gasteiger partial charge on any atom is 0.129 e. The minimum Gasteiger partial charge on any atom is -0.496 e. The van der Waals surface area contributed by atoms with Gasteiger partial charge in [-0.05, 0) is 26.0 Å². The van der Waals surface area contributed by atoms with Gasteiger partial charge in [-0.2, -0.15) is 5.26 Å². The molecule has 0 unspecified atom stereocenters. The number of benzene rings is 1. The smallest absolute Gasteiger partial charge is 0.129 e. The van der Waals surface area contributed by atoms with E-state index >= 15 is 0 Å². The second-order valence-corrected chi connectivity index (χ2v) is 4.75. The molecule has 4 heteroatoms. The van der Waals surface area contributed by atoms with Crippen molar-refractivity contribution in [2.24, 2.45) is 0 Å². The second kappa shape index (κ2) is 4.56. The average molecular weight is 244 g/mol. The number of thiazole rings is 1. The fourth-order valence-corrected chi connectivity index (χ4v) is 2.49. The SMILES string of the molecule is COc1ccc(C)cc1-c1nc(C)c(C#N)s1. The van der Waals surface area contributed by atoms with Gasteiger partial charge in [0.05, 0.1) is 18.4 Å². The molecule has 1 aromatic carbocycles. The van der Waals surface area contributed by atoms with Crippen molar-refractivity contribution in [3.8, 4) is 22.4 Å². The first-order chi connectivity index (χ1) is 8.15. The van der Waals surface area contributed by atoms with E-state index in [-0.39, 0.29) is 0 Å². The van der Waals surface area contributed by atoms with Crippen LogP contribution < -0.4 is 4.74 Å². The molecule has 86 valence electrons. The van der Waals surface area contributed by atoms with Crippen molar-refractivity contribution < 1.29 is 4.74 Å². The fraction of sp³-hybridized carbons (Fsp3) is 0.231. The third kappa shape index (κ3) is 2.15. The van der Waals surface area contributed by atoms with Crippen LogP contribution in [0.4, 0.5) is 0 Å². The number of aryl methyl sites for hydroxylation is 2. The zero-order chi connectivity index (χ0) is 12.4. The largest absolute Gasteiger partial charge is 0.496 e. The highest BCUT2D eigenvalue weighted by Gasteiger charge is 2.13. The maximum atomic E-state index is 8.95. The standard InChI is InChI=1S/C13H12N2OS/c1-8-4-5-11(16-3)10(6-8)13-15-9(2)12(7-14)17-13/h4-6H,1-3H3. The molecule has 0 aliphatic carbocycles. The number of nitriles is 1. The van der Waals surface area contributed by atoms with E-state index in [9.17, 15) is 0 Å². The summed E-state index contributed by atoms with van der Waals surface area (Å²) < 4.78 is 5.32. The maximum absolute atomic E-state index is 8.95. The molecular weight excluding hydrogens is 232 g/mol. The molecule has 0 aliphatic rings. The van der Waals surface area contributed by atoms with Gasteiger partial charge in [-0.15, -0.1) is 11.3 Å². The lowest BCUT2D eigenvalue weighted by atomic mass is 10.1. The van der Waals surface area contributed by atoms with Crippen molar-refractivity contribution in [1.82, 2.24) is 4.98 Å². The first-order valence-corrected chi connectivity index (χ1v) is 6.00. The van der Waals surface area contributed by atoms with Crippen molar-refractivity contribution in [3.05, 3.63) is 34.3 Å². The molecule has 0 amide bonds. The molecule has 0 spiro atoms. The van der Waals surface area contributed by atoms with E-state index in [0.29, 0.717) is 4.88 Å². The van der Waals surface area contributed by atoms with Gasteiger partial charge in [0.2, 0.25) is 0 Å². The van der Waals surface area contributed by atoms with Gasteiger partial charge in [-0.3, -0.25) is 0 Å². The molecule has 0 radical (unpaired) electrons. The predicted molar refractivity (Wildman–Crippen MR) is 68.3 cm³/mol. The number of aromatic nitrogens is 1. The number of hydrogen-bond acceptors (Lipinski definition) is 4. The molecule has 0 atom stereocenters. The van der Waals surface area contributed by atoms with E-state index in [1.807, 2.05) is 32.0 Å². The van der Waals surface area contributed by atoms with Gasteiger partial charge < -0.3 is 4.74 Å². The molecule has 0 saturated carbocycles. The molecule has 17 heavy (non-hydrogen) atoms. The van der Waals surface area contributed by atoms with Crippen LogP contribution in [0.3, 0.4) is 0 Å². The number of nitrogens with zero attached hydrogens (tertiary/aromatic N) is 2. The lowest BCUT2D eigenvalue weighted by molar-refractivity contribution is 0.416. The first kappa shape index (κ1) is 11.6. The van der Waals surface area contributed by atoms with Gasteiger partial charge >= 0.3 is 0 Å². The van der Waals surface area contributed by atoms with Crippen LogP contribution >= 0.6 is 11.3 Å². The van der Waals surface area contributed by atoms with Crippen LogP contribution in [0.2, 0.25) is 0 Å². The Balaban J connectivity index is 2.59. The van der Waals surface area contributed by atoms with Crippen molar-refractivity contribution in [3.63, 3.8) is 0 Å². The summed E-state index contributed by atoms with van der Waals surface area (Å²) in [5.41, 5.74) is 2.87. The lowest BCUT2D eigenvalue weighted by Gasteiger charge is -2.06. The second-order valence-electron chi connectivity index (χ2n) is 3.75. The Labute approximate surface area is 104 Å². The predicted octanol–water partition coefficient (Wildman–Crippen LogP) is 3.31. The quantitative estimate of drug-likeness (QED) is 0.814. The van der Waals surface area contributed by atoms with Gasteiger partial charge in [0.15, 0.2) is 0 Å². The average Bonchev–Trinajstić information content (AvgIpc) is 2.70. The summed E-state index contributed by atoms with van der Waals surface area (Å²) in [7, 11) is 1.64. The van der Waals surface area contributed by atoms with E-state index in [0.717, 1.165) is 27.6 Å². The summed E-state index contributed by atoms with van der Waals surface area (Å²) in [5, 5.41) is 9.78. The number of rotatable bonds is 2. The Bertz CT molecular complexity index is 596. The molecule has 3 nitrogen and oxygen atoms in total. The van der Waals surface area contributed by atoms with Crippen molar-refractivity contribution in [1.29, 1.82) is 5.26 Å². The molecular formula is C13H12N2OS. The van der Waals surface area contributed by atoms with E-state index in [1.165, 1.54) is 11.3 Å². The highest BCUT2D eigenvalue weighted by atomic mass is 32.1. The first-order valence-electron chi connectivity index (χ1n) is 5.18. The van der Waals surface area contributed by atoms with Crippen molar-refractivity contribution in [2.75, 3.05) is 7.11 Å². The van der Waals surface area contributed by atoms with E-state index in [4.69, 9.17) is 10.00 Å². The molecule has 2 rings (SSSR count). The summed E-state index contributed by atoms with van der Waals surface area (Å²) in [4.78, 5) is 5.07. The molecule has 1 aromatic heterocycles. The minimum absolute atomic E-state index is 0.656. The van der Waals surface area contributed by atoms with Gasteiger partial charge in [0, 0.05) is 0 Å². The van der Waals surface area contributed by atoms with Crippen LogP contribution in [-0.4, -0.2) is 12.1 Å². The summed E-state index contributed by atoms with van der Waals surface area (Å²) in [6, 6.07) is 8.10. The number of methoxy groups -OCH3 is 1. The summed E-state index contributed by atoms with van der Waals surface area (Å²) in [5.74, 6) is 0.786. The third-order valence-corrected chi connectivity index (χ3v) is 3.58. The van der Waals surface area contributed by atoms with Crippen LogP contribution in [0.25, 0.3) is 10.6 Å². The van der Waals surface area contributed by atoms with Crippen LogP contribution in [0.5, 0.6) is 5.75 Å². The normalized spacial score (nSPS) is 10.0. The summed E-state index contributed by atoms with van der Waals surface area (Å²) >= 11 is 1.40. The Morgan fingerprint density at radius 1 is 1.35 bits per heavy atom. The molecule has 0 aliphatic heterocycles. The number of ether oxygens (including phenoxy) is 1. The molecule has 0 bridgehead atoms. The molecule has 1 heterocycles. The summed E-state index contributed by atoms with van der Waals surface area (Å²) in [6.45, 7) is 3.87.